The molecule has 0 saturated heterocycles. The fourth-order valence-corrected chi connectivity index (χ4v) is 2.68. The molecule has 8 heteroatoms. The molecular weight excluding hydrogens is 411 g/mol. The van der Waals surface area contributed by atoms with Gasteiger partial charge in [0.15, 0.2) is 11.6 Å². The number of hydrogen-bond acceptors (Lipinski definition) is 6. The zero-order chi connectivity index (χ0) is 22.1. The van der Waals surface area contributed by atoms with Gasteiger partial charge < -0.3 is 30.4 Å². The van der Waals surface area contributed by atoms with Crippen LogP contribution in [0.3, 0.4) is 0 Å². The average Bonchev–Trinajstić information content (AvgIpc) is 2.74. The Bertz CT molecular complexity index is 946. The van der Waals surface area contributed by atoms with Crippen molar-refractivity contribution in [3.63, 3.8) is 0 Å². The van der Waals surface area contributed by atoms with Crippen molar-refractivity contribution < 1.29 is 23.3 Å². The molecule has 3 aromatic carbocycles. The van der Waals surface area contributed by atoms with Crippen molar-refractivity contribution in [2.24, 2.45) is 0 Å². The number of nitrogen functional groups attached to an aromatic ring is 2. The normalized spacial score (nSPS) is 9.90. The molecule has 0 aromatic heterocycles. The Morgan fingerprint density at radius 3 is 1.87 bits per heavy atom. The highest BCUT2D eigenvalue weighted by Crippen LogP contribution is 2.34. The number of ether oxygens (including phenoxy) is 4. The lowest BCUT2D eigenvalue weighted by Gasteiger charge is -2.11. The highest BCUT2D eigenvalue weighted by Gasteiger charge is 2.09. The maximum atomic E-state index is 12.9. The van der Waals surface area contributed by atoms with Crippen molar-refractivity contribution in [2.75, 3.05) is 32.8 Å². The van der Waals surface area contributed by atoms with E-state index < -0.39 is 5.82 Å². The van der Waals surface area contributed by atoms with Crippen molar-refractivity contribution in [3.8, 4) is 23.0 Å². The van der Waals surface area contributed by atoms with Crippen LogP contribution in [0.5, 0.6) is 23.0 Å². The van der Waals surface area contributed by atoms with Crippen LogP contribution in [-0.4, -0.2) is 21.3 Å². The summed E-state index contributed by atoms with van der Waals surface area (Å²) in [6.45, 7) is 0.452. The first-order valence-corrected chi connectivity index (χ1v) is 9.24. The summed E-state index contributed by atoms with van der Waals surface area (Å²) in [5, 5.41) is 0.476. The van der Waals surface area contributed by atoms with Gasteiger partial charge in [0.1, 0.15) is 23.9 Å². The Morgan fingerprint density at radius 2 is 1.30 bits per heavy atom. The third kappa shape index (κ3) is 6.09. The highest BCUT2D eigenvalue weighted by molar-refractivity contribution is 6.32. The summed E-state index contributed by atoms with van der Waals surface area (Å²) in [6.07, 6.45) is 0. The van der Waals surface area contributed by atoms with Crippen molar-refractivity contribution >= 4 is 23.0 Å². The summed E-state index contributed by atoms with van der Waals surface area (Å²) in [5.74, 6) is 1.17. The van der Waals surface area contributed by atoms with E-state index in [2.05, 4.69) is 0 Å². The Kier molecular flexibility index (Phi) is 8.43. The molecule has 0 saturated carbocycles. The van der Waals surface area contributed by atoms with Crippen LogP contribution in [0.4, 0.5) is 15.8 Å². The van der Waals surface area contributed by atoms with Crippen molar-refractivity contribution in [1.29, 1.82) is 0 Å². The van der Waals surface area contributed by atoms with Crippen LogP contribution in [0.2, 0.25) is 5.02 Å². The number of nitrogens with two attached hydrogens (primary N) is 2. The van der Waals surface area contributed by atoms with Gasteiger partial charge in [0.05, 0.1) is 37.7 Å². The summed E-state index contributed by atoms with van der Waals surface area (Å²) >= 11 is 6.06. The molecule has 0 unspecified atom stereocenters. The molecule has 0 fully saturated rings. The number of benzene rings is 3. The molecule has 4 N–H and O–H groups in total. The number of halogens is 2. The lowest BCUT2D eigenvalue weighted by atomic mass is 10.2. The van der Waals surface area contributed by atoms with Gasteiger partial charge in [0, 0.05) is 18.2 Å². The monoisotopic (exact) mass is 434 g/mol. The van der Waals surface area contributed by atoms with Crippen molar-refractivity contribution in [3.05, 3.63) is 71.0 Å². The van der Waals surface area contributed by atoms with Gasteiger partial charge in [-0.1, -0.05) is 41.9 Å². The first kappa shape index (κ1) is 23.0. The van der Waals surface area contributed by atoms with E-state index in [0.29, 0.717) is 34.6 Å². The van der Waals surface area contributed by atoms with Gasteiger partial charge in [-0.15, -0.1) is 0 Å². The van der Waals surface area contributed by atoms with Crippen LogP contribution >= 0.6 is 11.6 Å². The molecule has 0 atom stereocenters. The molecule has 0 bridgehead atoms. The standard InChI is InChI=1S/C14H14ClNO2.C8H10FNO2/c1-17-14-8-13(11(15)7-12(14)16)18-9-10-5-3-2-4-6-10;1-11-7-4-8(12-2)6(10)3-5(7)9/h2-8H,9,16H2,1H3;3-4H,10H2,1-2H3. The molecule has 0 radical (unpaired) electrons. The first-order valence-electron chi connectivity index (χ1n) is 8.86. The Labute approximate surface area is 180 Å². The van der Waals surface area contributed by atoms with E-state index in [0.717, 1.165) is 11.6 Å². The summed E-state index contributed by atoms with van der Waals surface area (Å²) in [4.78, 5) is 0. The van der Waals surface area contributed by atoms with Crippen LogP contribution in [-0.2, 0) is 6.61 Å². The van der Waals surface area contributed by atoms with Gasteiger partial charge in [-0.25, -0.2) is 4.39 Å². The number of hydrogen-bond donors (Lipinski definition) is 2. The van der Waals surface area contributed by atoms with E-state index in [1.165, 1.54) is 20.3 Å². The Morgan fingerprint density at radius 1 is 0.767 bits per heavy atom. The largest absolute Gasteiger partial charge is 0.494 e. The molecule has 3 rings (SSSR count). The molecule has 0 aliphatic heterocycles. The fraction of sp³-hybridized carbons (Fsp3) is 0.182. The Balaban J connectivity index is 0.000000232. The van der Waals surface area contributed by atoms with Gasteiger partial charge in [0.2, 0.25) is 0 Å². The van der Waals surface area contributed by atoms with E-state index in [-0.39, 0.29) is 11.4 Å². The summed E-state index contributed by atoms with van der Waals surface area (Å²) in [6, 6.07) is 15.8. The maximum absolute atomic E-state index is 12.9. The fourth-order valence-electron chi connectivity index (χ4n) is 2.46. The van der Waals surface area contributed by atoms with Crippen LogP contribution in [0, 0.1) is 5.82 Å². The third-order valence-corrected chi connectivity index (χ3v) is 4.32. The van der Waals surface area contributed by atoms with Crippen molar-refractivity contribution in [2.45, 2.75) is 6.61 Å². The second-order valence-electron chi connectivity index (χ2n) is 6.03. The molecule has 0 spiro atoms. The van der Waals surface area contributed by atoms with Crippen LogP contribution in [0.1, 0.15) is 5.56 Å². The van der Waals surface area contributed by atoms with E-state index in [4.69, 9.17) is 42.0 Å². The topological polar surface area (TPSA) is 89.0 Å². The lowest BCUT2D eigenvalue weighted by molar-refractivity contribution is 0.304. The van der Waals surface area contributed by atoms with E-state index in [9.17, 15) is 4.39 Å². The lowest BCUT2D eigenvalue weighted by Crippen LogP contribution is -1.98. The van der Waals surface area contributed by atoms with Crippen LogP contribution in [0.25, 0.3) is 0 Å². The Hall–Kier alpha value is -3.32. The summed E-state index contributed by atoms with van der Waals surface area (Å²) in [5.41, 5.74) is 13.0. The third-order valence-electron chi connectivity index (χ3n) is 4.03. The number of anilines is 2. The molecule has 160 valence electrons. The molecule has 3 aromatic rings. The molecule has 30 heavy (non-hydrogen) atoms. The minimum Gasteiger partial charge on any atom is -0.494 e. The van der Waals surface area contributed by atoms with Crippen molar-refractivity contribution in [1.82, 2.24) is 0 Å². The molecular formula is C22H24ClFN2O4. The van der Waals surface area contributed by atoms with Gasteiger partial charge in [-0.3, -0.25) is 0 Å². The van der Waals surface area contributed by atoms with E-state index >= 15 is 0 Å². The zero-order valence-corrected chi connectivity index (χ0v) is 17.7. The second kappa shape index (κ2) is 11.0. The SMILES string of the molecule is COc1cc(OC)c(F)cc1N.COc1cc(OCc2ccccc2)c(Cl)cc1N. The molecule has 0 heterocycles. The molecule has 6 nitrogen and oxygen atoms in total. The van der Waals surface area contributed by atoms with Gasteiger partial charge in [-0.2, -0.15) is 0 Å². The van der Waals surface area contributed by atoms with E-state index in [1.54, 1.807) is 19.2 Å². The maximum Gasteiger partial charge on any atom is 0.167 e. The molecule has 0 aliphatic rings. The van der Waals surface area contributed by atoms with Gasteiger partial charge >= 0.3 is 0 Å². The zero-order valence-electron chi connectivity index (χ0n) is 16.9. The van der Waals surface area contributed by atoms with E-state index in [1.807, 2.05) is 30.3 Å². The predicted molar refractivity (Wildman–Crippen MR) is 117 cm³/mol. The minimum absolute atomic E-state index is 0.126. The van der Waals surface area contributed by atoms with Gasteiger partial charge in [0.25, 0.3) is 0 Å². The predicted octanol–water partition coefficient (Wildman–Crippen LogP) is 4.93. The summed E-state index contributed by atoms with van der Waals surface area (Å²) < 4.78 is 33.3. The minimum atomic E-state index is -0.490. The molecule has 0 aliphatic carbocycles. The quantitative estimate of drug-likeness (QED) is 0.534. The number of methoxy groups -OCH3 is 3. The summed E-state index contributed by atoms with van der Waals surface area (Å²) in [7, 11) is 4.40. The second-order valence-corrected chi connectivity index (χ2v) is 6.43. The van der Waals surface area contributed by atoms with Crippen LogP contribution in [0.15, 0.2) is 54.6 Å². The average molecular weight is 435 g/mol. The smallest absolute Gasteiger partial charge is 0.167 e. The number of rotatable bonds is 6. The molecule has 0 amide bonds. The van der Waals surface area contributed by atoms with Crippen LogP contribution < -0.4 is 30.4 Å². The van der Waals surface area contributed by atoms with Gasteiger partial charge in [-0.05, 0) is 11.6 Å². The first-order chi connectivity index (χ1) is 14.4. The highest BCUT2D eigenvalue weighted by atomic mass is 35.5.